The second kappa shape index (κ2) is 6.53. The van der Waals surface area contributed by atoms with E-state index in [-0.39, 0.29) is 0 Å². The summed E-state index contributed by atoms with van der Waals surface area (Å²) in [6.07, 6.45) is 1.36. The molecule has 0 amide bonds. The Morgan fingerprint density at radius 1 is 1.21 bits per heavy atom. The van der Waals surface area contributed by atoms with Crippen LogP contribution >= 0.6 is 0 Å². The Balaban J connectivity index is 2.05. The highest BCUT2D eigenvalue weighted by Crippen LogP contribution is 2.29. The molecule has 1 aromatic carbocycles. The maximum absolute atomic E-state index is 6.01. The number of hydrogen-bond acceptors (Lipinski definition) is 2. The van der Waals surface area contributed by atoms with E-state index in [2.05, 4.69) is 56.0 Å². The summed E-state index contributed by atoms with van der Waals surface area (Å²) in [4.78, 5) is 2.64. The molecule has 4 unspecified atom stereocenters. The van der Waals surface area contributed by atoms with Gasteiger partial charge in [-0.05, 0) is 30.7 Å². The van der Waals surface area contributed by atoms with Crippen molar-refractivity contribution in [2.75, 3.05) is 19.6 Å². The van der Waals surface area contributed by atoms with E-state index in [0.29, 0.717) is 12.0 Å². The first-order valence-electron chi connectivity index (χ1n) is 7.60. The second-order valence-electron chi connectivity index (χ2n) is 6.36. The molecule has 2 rings (SSSR count). The molecule has 2 nitrogen and oxygen atoms in total. The average molecular weight is 260 g/mol. The highest BCUT2D eigenvalue weighted by molar-refractivity contribution is 5.20. The Bertz CT molecular complexity index is 376. The van der Waals surface area contributed by atoms with Gasteiger partial charge in [-0.2, -0.15) is 0 Å². The highest BCUT2D eigenvalue weighted by atomic mass is 15.2. The molecule has 2 heteroatoms. The van der Waals surface area contributed by atoms with Crippen molar-refractivity contribution in [3.63, 3.8) is 0 Å². The number of rotatable bonds is 4. The molecule has 106 valence electrons. The van der Waals surface area contributed by atoms with Gasteiger partial charge in [0.15, 0.2) is 0 Å². The van der Waals surface area contributed by atoms with Crippen LogP contribution in [-0.4, -0.2) is 30.6 Å². The van der Waals surface area contributed by atoms with Crippen LogP contribution in [0.2, 0.25) is 0 Å². The Morgan fingerprint density at radius 3 is 2.53 bits per heavy atom. The van der Waals surface area contributed by atoms with Gasteiger partial charge in [-0.3, -0.25) is 4.90 Å². The quantitative estimate of drug-likeness (QED) is 0.901. The SMILES string of the molecule is CC1CC(C)C(C)N(CC(CN)c2ccccc2)C1. The fourth-order valence-electron chi connectivity index (χ4n) is 3.40. The van der Waals surface area contributed by atoms with Crippen molar-refractivity contribution in [1.29, 1.82) is 0 Å². The molecule has 1 heterocycles. The van der Waals surface area contributed by atoms with Gasteiger partial charge in [0.1, 0.15) is 0 Å². The first-order valence-corrected chi connectivity index (χ1v) is 7.60. The minimum atomic E-state index is 0.459. The summed E-state index contributed by atoms with van der Waals surface area (Å²) >= 11 is 0. The van der Waals surface area contributed by atoms with Gasteiger partial charge in [0, 0.05) is 31.6 Å². The molecule has 0 saturated carbocycles. The van der Waals surface area contributed by atoms with Gasteiger partial charge in [0.05, 0.1) is 0 Å². The fourth-order valence-corrected chi connectivity index (χ4v) is 3.40. The summed E-state index contributed by atoms with van der Waals surface area (Å²) in [5, 5.41) is 0. The van der Waals surface area contributed by atoms with Crippen molar-refractivity contribution in [3.8, 4) is 0 Å². The zero-order valence-electron chi connectivity index (χ0n) is 12.5. The largest absolute Gasteiger partial charge is 0.330 e. The topological polar surface area (TPSA) is 29.3 Å². The van der Waals surface area contributed by atoms with E-state index in [1.807, 2.05) is 0 Å². The van der Waals surface area contributed by atoms with Crippen molar-refractivity contribution in [2.45, 2.75) is 39.2 Å². The van der Waals surface area contributed by atoms with Crippen LogP contribution in [0, 0.1) is 11.8 Å². The van der Waals surface area contributed by atoms with Crippen molar-refractivity contribution >= 4 is 0 Å². The summed E-state index contributed by atoms with van der Waals surface area (Å²) in [6.45, 7) is 10.2. The summed E-state index contributed by atoms with van der Waals surface area (Å²) < 4.78 is 0. The molecule has 4 atom stereocenters. The molecule has 1 aliphatic rings. The summed E-state index contributed by atoms with van der Waals surface area (Å²) in [5.74, 6) is 2.06. The zero-order valence-corrected chi connectivity index (χ0v) is 12.5. The predicted octanol–water partition coefficient (Wildman–Crippen LogP) is 3.10. The number of likely N-dealkylation sites (tertiary alicyclic amines) is 1. The standard InChI is InChI=1S/C17H28N2/c1-13-9-14(2)15(3)19(11-13)12-17(10-18)16-7-5-4-6-8-16/h4-8,13-15,17H,9-12,18H2,1-3H3. The number of nitrogens with two attached hydrogens (primary N) is 1. The number of nitrogens with zero attached hydrogens (tertiary/aromatic N) is 1. The van der Waals surface area contributed by atoms with E-state index in [0.717, 1.165) is 24.9 Å². The van der Waals surface area contributed by atoms with Gasteiger partial charge in [-0.25, -0.2) is 0 Å². The summed E-state index contributed by atoms with van der Waals surface area (Å²) in [6, 6.07) is 11.4. The monoisotopic (exact) mass is 260 g/mol. The molecule has 0 bridgehead atoms. The Labute approximate surface area is 118 Å². The third-order valence-corrected chi connectivity index (χ3v) is 4.73. The smallest absolute Gasteiger partial charge is 0.00930 e. The van der Waals surface area contributed by atoms with Crippen LogP contribution in [0.25, 0.3) is 0 Å². The first-order chi connectivity index (χ1) is 9.11. The van der Waals surface area contributed by atoms with E-state index >= 15 is 0 Å². The van der Waals surface area contributed by atoms with Gasteiger partial charge in [-0.1, -0.05) is 44.2 Å². The van der Waals surface area contributed by atoms with Gasteiger partial charge in [-0.15, -0.1) is 0 Å². The number of benzene rings is 1. The Hall–Kier alpha value is -0.860. The minimum Gasteiger partial charge on any atom is -0.330 e. The predicted molar refractivity (Wildman–Crippen MR) is 82.2 cm³/mol. The Morgan fingerprint density at radius 2 is 1.89 bits per heavy atom. The fraction of sp³-hybridized carbons (Fsp3) is 0.647. The lowest BCUT2D eigenvalue weighted by Crippen LogP contribution is -2.47. The highest BCUT2D eigenvalue weighted by Gasteiger charge is 2.30. The third kappa shape index (κ3) is 3.58. The maximum Gasteiger partial charge on any atom is 0.00930 e. The molecule has 19 heavy (non-hydrogen) atoms. The minimum absolute atomic E-state index is 0.459. The van der Waals surface area contributed by atoms with Crippen molar-refractivity contribution < 1.29 is 0 Å². The average Bonchev–Trinajstić information content (AvgIpc) is 2.42. The molecule has 1 aliphatic heterocycles. The number of hydrogen-bond donors (Lipinski definition) is 1. The molecule has 2 N–H and O–H groups in total. The molecular weight excluding hydrogens is 232 g/mol. The van der Waals surface area contributed by atoms with Crippen LogP contribution in [0.1, 0.15) is 38.7 Å². The van der Waals surface area contributed by atoms with Gasteiger partial charge < -0.3 is 5.73 Å². The lowest BCUT2D eigenvalue weighted by Gasteiger charge is -2.42. The van der Waals surface area contributed by atoms with Crippen LogP contribution in [0.5, 0.6) is 0 Å². The van der Waals surface area contributed by atoms with E-state index in [4.69, 9.17) is 5.73 Å². The van der Waals surface area contributed by atoms with Crippen molar-refractivity contribution in [2.24, 2.45) is 17.6 Å². The van der Waals surface area contributed by atoms with E-state index in [1.54, 1.807) is 0 Å². The first kappa shape index (κ1) is 14.5. The van der Waals surface area contributed by atoms with Crippen LogP contribution in [-0.2, 0) is 0 Å². The maximum atomic E-state index is 6.01. The van der Waals surface area contributed by atoms with Crippen LogP contribution in [0.15, 0.2) is 30.3 Å². The molecule has 1 fully saturated rings. The van der Waals surface area contributed by atoms with Crippen LogP contribution in [0.3, 0.4) is 0 Å². The lowest BCUT2D eigenvalue weighted by molar-refractivity contribution is 0.0743. The molecule has 0 spiro atoms. The van der Waals surface area contributed by atoms with E-state index < -0.39 is 0 Å². The van der Waals surface area contributed by atoms with Crippen molar-refractivity contribution in [1.82, 2.24) is 4.90 Å². The van der Waals surface area contributed by atoms with Gasteiger partial charge >= 0.3 is 0 Å². The van der Waals surface area contributed by atoms with Crippen LogP contribution < -0.4 is 5.73 Å². The van der Waals surface area contributed by atoms with Gasteiger partial charge in [0.2, 0.25) is 0 Å². The lowest BCUT2D eigenvalue weighted by atomic mass is 9.85. The van der Waals surface area contributed by atoms with Crippen LogP contribution in [0.4, 0.5) is 0 Å². The molecular formula is C17H28N2. The Kier molecular flexibility index (Phi) is 5.00. The normalized spacial score (nSPS) is 30.2. The van der Waals surface area contributed by atoms with Crippen molar-refractivity contribution in [3.05, 3.63) is 35.9 Å². The molecule has 0 aromatic heterocycles. The van der Waals surface area contributed by atoms with E-state index in [1.165, 1.54) is 18.5 Å². The van der Waals surface area contributed by atoms with E-state index in [9.17, 15) is 0 Å². The molecule has 0 radical (unpaired) electrons. The molecule has 1 saturated heterocycles. The third-order valence-electron chi connectivity index (χ3n) is 4.73. The zero-order chi connectivity index (χ0) is 13.8. The summed E-state index contributed by atoms with van der Waals surface area (Å²) in [7, 11) is 0. The molecule has 1 aromatic rings. The summed E-state index contributed by atoms with van der Waals surface area (Å²) in [5.41, 5.74) is 7.39. The number of piperidine rings is 1. The second-order valence-corrected chi connectivity index (χ2v) is 6.36. The molecule has 0 aliphatic carbocycles. The van der Waals surface area contributed by atoms with Gasteiger partial charge in [0.25, 0.3) is 0 Å².